The molecule has 0 fully saturated rings. The lowest BCUT2D eigenvalue weighted by atomic mass is 10.1. The van der Waals surface area contributed by atoms with Gasteiger partial charge in [-0.2, -0.15) is 23.4 Å². The molecule has 19 nitrogen and oxygen atoms in total. The molecule has 20 heteroatoms. The fourth-order valence-corrected chi connectivity index (χ4v) is 5.90. The standard InChI is InChI=1S/C37H34N14O5S/c1-21-23(17-25-29(52)11-9-27(33(25)43-21)48-50-31-7-3-5-13-38-31)19-41-36-45-35(40-15-16-57(54,55)56)46-37(47-36)42-20-24-18-26-30(53)12-10-28(34(26)44-22(24)2)49-51-32-8-4-6-14-39-32/h3-14,17-18,52-53H,15-16,19-20H2,1-2H3,(H,54,55,56)(H3,40,41,42,45,46,47). The molecular weight excluding hydrogens is 753 g/mol. The maximum atomic E-state index is 11.4. The van der Waals surface area contributed by atoms with Gasteiger partial charge in [-0.15, -0.1) is 20.5 Å². The number of pyridine rings is 4. The average molecular weight is 787 g/mol. The van der Waals surface area contributed by atoms with E-state index < -0.39 is 15.9 Å². The molecule has 0 saturated carbocycles. The molecule has 0 bridgehead atoms. The van der Waals surface area contributed by atoms with Gasteiger partial charge in [0, 0.05) is 54.2 Å². The molecular formula is C37H34N14O5S. The molecule has 0 spiro atoms. The number of nitrogens with one attached hydrogen (secondary N) is 3. The van der Waals surface area contributed by atoms with Crippen molar-refractivity contribution in [1.82, 2.24) is 34.9 Å². The number of nitrogens with zero attached hydrogens (tertiary/aromatic N) is 11. The van der Waals surface area contributed by atoms with Crippen molar-refractivity contribution in [2.75, 3.05) is 28.2 Å². The van der Waals surface area contributed by atoms with E-state index in [1.165, 1.54) is 12.1 Å². The van der Waals surface area contributed by atoms with Crippen molar-refractivity contribution in [2.24, 2.45) is 20.5 Å². The fraction of sp³-hybridized carbons (Fsp3) is 0.162. The number of fused-ring (bicyclic) bond motifs is 2. The zero-order valence-electron chi connectivity index (χ0n) is 30.4. The van der Waals surface area contributed by atoms with Crippen LogP contribution in [-0.2, 0) is 23.2 Å². The Kier molecular flexibility index (Phi) is 11.1. The Bertz CT molecular complexity index is 2590. The lowest BCUT2D eigenvalue weighted by Gasteiger charge is -2.14. The average Bonchev–Trinajstić information content (AvgIpc) is 3.19. The van der Waals surface area contributed by atoms with Crippen LogP contribution in [0.4, 0.5) is 40.9 Å². The van der Waals surface area contributed by atoms with Crippen molar-refractivity contribution in [3.8, 4) is 11.5 Å². The molecule has 2 aromatic carbocycles. The van der Waals surface area contributed by atoms with Crippen molar-refractivity contribution in [2.45, 2.75) is 26.9 Å². The Labute approximate surface area is 325 Å². The summed E-state index contributed by atoms with van der Waals surface area (Å²) >= 11 is 0. The van der Waals surface area contributed by atoms with Crippen LogP contribution in [0.5, 0.6) is 11.5 Å². The SMILES string of the molecule is Cc1nc2c(N=Nc3ccccn3)ccc(O)c2cc1CNc1nc(NCCS(=O)(=O)O)nc(NCc2cc3c(O)ccc(N=Nc4ccccn4)c3nc2C)n1. The third kappa shape index (κ3) is 9.50. The number of rotatable bonds is 14. The minimum absolute atomic E-state index is 0.00407. The van der Waals surface area contributed by atoms with E-state index in [9.17, 15) is 23.2 Å². The maximum absolute atomic E-state index is 11.4. The summed E-state index contributed by atoms with van der Waals surface area (Å²) in [6.07, 6.45) is 3.22. The van der Waals surface area contributed by atoms with E-state index in [0.717, 1.165) is 0 Å². The van der Waals surface area contributed by atoms with Crippen LogP contribution in [0.3, 0.4) is 0 Å². The molecule has 288 valence electrons. The van der Waals surface area contributed by atoms with Gasteiger partial charge < -0.3 is 26.2 Å². The molecule has 7 rings (SSSR count). The highest BCUT2D eigenvalue weighted by Crippen LogP contribution is 2.35. The van der Waals surface area contributed by atoms with Gasteiger partial charge in [-0.3, -0.25) is 14.5 Å². The Morgan fingerprint density at radius 1 is 0.596 bits per heavy atom. The summed E-state index contributed by atoms with van der Waals surface area (Å²) in [6, 6.07) is 20.4. The van der Waals surface area contributed by atoms with Crippen LogP contribution < -0.4 is 16.0 Å². The summed E-state index contributed by atoms with van der Waals surface area (Å²) in [5, 5.41) is 48.5. The number of anilines is 3. The van der Waals surface area contributed by atoms with Crippen LogP contribution in [-0.4, -0.2) is 70.4 Å². The quantitative estimate of drug-likeness (QED) is 0.0472. The van der Waals surface area contributed by atoms with Gasteiger partial charge in [0.1, 0.15) is 33.9 Å². The van der Waals surface area contributed by atoms with E-state index in [-0.39, 0.29) is 49.0 Å². The first-order chi connectivity index (χ1) is 27.5. The number of aromatic nitrogens is 7. The van der Waals surface area contributed by atoms with E-state index >= 15 is 0 Å². The largest absolute Gasteiger partial charge is 0.507 e. The molecule has 0 amide bonds. The van der Waals surface area contributed by atoms with E-state index in [0.29, 0.717) is 67.3 Å². The number of benzene rings is 2. The summed E-state index contributed by atoms with van der Waals surface area (Å²) in [5.41, 5.74) is 4.49. The van der Waals surface area contributed by atoms with E-state index in [1.54, 1.807) is 73.1 Å². The first-order valence-corrected chi connectivity index (χ1v) is 18.9. The summed E-state index contributed by atoms with van der Waals surface area (Å²) in [4.78, 5) is 31.0. The van der Waals surface area contributed by atoms with E-state index in [4.69, 9.17) is 9.97 Å². The van der Waals surface area contributed by atoms with Gasteiger partial charge in [0.15, 0.2) is 11.6 Å². The number of phenolic OH excluding ortho intramolecular Hbond substituents is 2. The second kappa shape index (κ2) is 16.6. The zero-order valence-corrected chi connectivity index (χ0v) is 31.2. The fourth-order valence-electron chi connectivity index (χ4n) is 5.54. The van der Waals surface area contributed by atoms with Gasteiger partial charge in [-0.05, 0) is 85.6 Å². The second-order valence-electron chi connectivity index (χ2n) is 12.5. The monoisotopic (exact) mass is 786 g/mol. The van der Waals surface area contributed by atoms with Gasteiger partial charge in [-0.25, -0.2) is 9.97 Å². The number of azo groups is 2. The van der Waals surface area contributed by atoms with Crippen molar-refractivity contribution in [3.63, 3.8) is 0 Å². The van der Waals surface area contributed by atoms with Crippen molar-refractivity contribution < 1.29 is 23.2 Å². The Morgan fingerprint density at radius 3 is 1.47 bits per heavy atom. The van der Waals surface area contributed by atoms with Gasteiger partial charge in [-0.1, -0.05) is 12.1 Å². The van der Waals surface area contributed by atoms with Crippen LogP contribution in [0.2, 0.25) is 0 Å². The van der Waals surface area contributed by atoms with Gasteiger partial charge in [0.25, 0.3) is 10.1 Å². The highest BCUT2D eigenvalue weighted by molar-refractivity contribution is 7.85. The summed E-state index contributed by atoms with van der Waals surface area (Å²) in [7, 11) is -4.25. The van der Waals surface area contributed by atoms with Crippen molar-refractivity contribution >= 4 is 72.8 Å². The summed E-state index contributed by atoms with van der Waals surface area (Å²) < 4.78 is 32.0. The third-order valence-corrected chi connectivity index (χ3v) is 9.16. The minimum atomic E-state index is -4.25. The molecule has 0 aliphatic rings. The van der Waals surface area contributed by atoms with Crippen LogP contribution in [0.1, 0.15) is 22.5 Å². The predicted octanol–water partition coefficient (Wildman–Crippen LogP) is 7.14. The summed E-state index contributed by atoms with van der Waals surface area (Å²) in [6.45, 7) is 3.80. The number of aryl methyl sites for hydroxylation is 2. The molecule has 0 aliphatic carbocycles. The number of phenols is 2. The van der Waals surface area contributed by atoms with Gasteiger partial charge in [0.05, 0.1) is 5.75 Å². The molecule has 0 radical (unpaired) electrons. The first kappa shape index (κ1) is 38.0. The lowest BCUT2D eigenvalue weighted by Crippen LogP contribution is -2.18. The Morgan fingerprint density at radius 2 is 1.05 bits per heavy atom. The smallest absolute Gasteiger partial charge is 0.266 e. The zero-order chi connectivity index (χ0) is 39.9. The molecule has 57 heavy (non-hydrogen) atoms. The van der Waals surface area contributed by atoms with Gasteiger partial charge >= 0.3 is 0 Å². The van der Waals surface area contributed by atoms with Gasteiger partial charge in [0.2, 0.25) is 17.8 Å². The molecule has 5 heterocycles. The number of aromatic hydroxyl groups is 2. The number of hydrogen-bond acceptors (Lipinski definition) is 18. The Balaban J connectivity index is 1.13. The minimum Gasteiger partial charge on any atom is -0.507 e. The highest BCUT2D eigenvalue weighted by Gasteiger charge is 2.15. The molecule has 7 aromatic rings. The van der Waals surface area contributed by atoms with Crippen LogP contribution in [0, 0.1) is 13.8 Å². The van der Waals surface area contributed by atoms with E-state index in [2.05, 4.69) is 61.3 Å². The topological polar surface area (TPSA) is 271 Å². The van der Waals surface area contributed by atoms with E-state index in [1.807, 2.05) is 13.8 Å². The van der Waals surface area contributed by atoms with Crippen molar-refractivity contribution in [1.29, 1.82) is 0 Å². The molecule has 0 atom stereocenters. The third-order valence-electron chi connectivity index (χ3n) is 8.44. The predicted molar refractivity (Wildman–Crippen MR) is 213 cm³/mol. The highest BCUT2D eigenvalue weighted by atomic mass is 32.2. The molecule has 5 aromatic heterocycles. The lowest BCUT2D eigenvalue weighted by molar-refractivity contribution is 0.481. The number of hydrogen-bond donors (Lipinski definition) is 6. The summed E-state index contributed by atoms with van der Waals surface area (Å²) in [5.74, 6) is 0.554. The first-order valence-electron chi connectivity index (χ1n) is 17.3. The normalized spacial score (nSPS) is 11.8. The van der Waals surface area contributed by atoms with Crippen molar-refractivity contribution in [3.05, 3.63) is 108 Å². The molecule has 6 N–H and O–H groups in total. The maximum Gasteiger partial charge on any atom is 0.266 e. The molecule has 0 unspecified atom stereocenters. The molecule has 0 saturated heterocycles. The second-order valence-corrected chi connectivity index (χ2v) is 14.0. The Hall–Kier alpha value is -7.32. The van der Waals surface area contributed by atoms with Crippen LogP contribution in [0.25, 0.3) is 21.8 Å². The van der Waals surface area contributed by atoms with Crippen LogP contribution >= 0.6 is 0 Å². The van der Waals surface area contributed by atoms with Crippen LogP contribution in [0.15, 0.2) is 106 Å². The molecule has 0 aliphatic heterocycles.